The molecule has 0 saturated carbocycles. The zero-order valence-corrected chi connectivity index (χ0v) is 20.2. The van der Waals surface area contributed by atoms with Crippen molar-refractivity contribution in [3.05, 3.63) is 99.6 Å². The number of nitrogens with one attached hydrogen (secondary N) is 1. The van der Waals surface area contributed by atoms with Crippen molar-refractivity contribution < 1.29 is 17.9 Å². The minimum Gasteiger partial charge on any atom is -0.439 e. The summed E-state index contributed by atoms with van der Waals surface area (Å²) in [5, 5.41) is 10.0. The van der Waals surface area contributed by atoms with Crippen LogP contribution in [0.3, 0.4) is 0 Å². The number of hydrogen-bond donors (Lipinski definition) is 1. The molecule has 2 aromatic heterocycles. The minimum atomic E-state index is -4.94. The normalized spacial score (nSPS) is 10.8. The molecule has 36 heavy (non-hydrogen) atoms. The van der Waals surface area contributed by atoms with Crippen LogP contribution in [0.5, 0.6) is 11.6 Å². The smallest absolute Gasteiger partial charge is 0.439 e. The number of hydrogen-bond acceptors (Lipinski definition) is 6. The third-order valence-electron chi connectivity index (χ3n) is 4.44. The van der Waals surface area contributed by atoms with E-state index in [2.05, 4.69) is 34.3 Å². The van der Waals surface area contributed by atoms with Crippen LogP contribution in [0.4, 0.5) is 24.8 Å². The Labute approximate surface area is 210 Å². The quantitative estimate of drug-likeness (QED) is 0.306. The Morgan fingerprint density at radius 3 is 2.22 bits per heavy atom. The molecule has 0 radical (unpaired) electrons. The number of benzene rings is 2. The molecule has 2 heterocycles. The number of halogens is 4. The summed E-state index contributed by atoms with van der Waals surface area (Å²) in [5.74, 6) is 0.751. The number of alkyl halides is 3. The fraction of sp³-hybridized carbons (Fsp3) is 0.200. The second-order valence-corrected chi connectivity index (χ2v) is 7.95. The number of ether oxygens (including phenoxy) is 1. The molecule has 0 aliphatic rings. The Kier molecular flexibility index (Phi) is 9.02. The van der Waals surface area contributed by atoms with E-state index in [1.165, 1.54) is 6.42 Å². The van der Waals surface area contributed by atoms with Crippen LogP contribution < -0.4 is 15.6 Å². The number of rotatable bonds is 6. The Morgan fingerprint density at radius 2 is 1.64 bits per heavy atom. The summed E-state index contributed by atoms with van der Waals surface area (Å²) in [7, 11) is 0. The average Bonchev–Trinajstić information content (AvgIpc) is 2.84. The van der Waals surface area contributed by atoms with Gasteiger partial charge in [-0.1, -0.05) is 50.1 Å². The van der Waals surface area contributed by atoms with Gasteiger partial charge in [-0.2, -0.15) is 13.2 Å². The van der Waals surface area contributed by atoms with Crippen LogP contribution in [0, 0.1) is 0 Å². The predicted octanol–water partition coefficient (Wildman–Crippen LogP) is 6.71. The van der Waals surface area contributed by atoms with Crippen LogP contribution in [0.1, 0.15) is 31.5 Å². The van der Waals surface area contributed by atoms with E-state index in [1.54, 1.807) is 72.9 Å². The molecular formula is C25H23ClF3N5O2. The molecular weight excluding hydrogens is 495 g/mol. The van der Waals surface area contributed by atoms with Gasteiger partial charge in [-0.05, 0) is 48.0 Å². The largest absolute Gasteiger partial charge is 0.440 e. The Balaban J connectivity index is 0.00000115. The number of nitrogens with zero attached hydrogens (tertiary/aromatic N) is 4. The fourth-order valence-electron chi connectivity index (χ4n) is 2.87. The summed E-state index contributed by atoms with van der Waals surface area (Å²) in [4.78, 5) is 16.7. The van der Waals surface area contributed by atoms with Crippen LogP contribution in [0.2, 0.25) is 5.02 Å². The van der Waals surface area contributed by atoms with Crippen LogP contribution in [0.25, 0.3) is 0 Å². The highest BCUT2D eigenvalue weighted by Crippen LogP contribution is 2.26. The standard InChI is InChI=1S/C22H15ClF3N5O2.C3H8/c23-15-6-4-14(5-7-15)13-31-20(32)19(22(24,25)26)29-30-21(31)28-16-8-10-17(11-9-16)33-18-3-1-2-12-27-18;1-3-2/h1-12H,13H2,(H,28,30);3H2,1-2H3. The lowest BCUT2D eigenvalue weighted by molar-refractivity contribution is -0.143. The summed E-state index contributed by atoms with van der Waals surface area (Å²) in [6.07, 6.45) is -2.09. The van der Waals surface area contributed by atoms with E-state index in [4.69, 9.17) is 16.3 Å². The van der Waals surface area contributed by atoms with Gasteiger partial charge in [-0.25, -0.2) is 4.98 Å². The molecule has 0 bridgehead atoms. The van der Waals surface area contributed by atoms with Crippen molar-refractivity contribution in [2.75, 3.05) is 5.32 Å². The average molecular weight is 518 g/mol. The van der Waals surface area contributed by atoms with Crippen LogP contribution in [-0.2, 0) is 12.7 Å². The molecule has 2 aromatic carbocycles. The summed E-state index contributed by atoms with van der Waals surface area (Å²) >= 11 is 5.87. The molecule has 1 N–H and O–H groups in total. The molecule has 0 spiro atoms. The third-order valence-corrected chi connectivity index (χ3v) is 4.69. The van der Waals surface area contributed by atoms with Gasteiger partial charge in [0.05, 0.1) is 6.54 Å². The van der Waals surface area contributed by atoms with E-state index in [0.29, 0.717) is 27.9 Å². The van der Waals surface area contributed by atoms with Crippen molar-refractivity contribution in [2.45, 2.75) is 33.0 Å². The lowest BCUT2D eigenvalue weighted by atomic mass is 10.2. The second-order valence-electron chi connectivity index (χ2n) is 7.51. The van der Waals surface area contributed by atoms with E-state index in [1.807, 2.05) is 0 Å². The van der Waals surface area contributed by atoms with Gasteiger partial charge in [0.25, 0.3) is 5.56 Å². The highest BCUT2D eigenvalue weighted by Gasteiger charge is 2.38. The second kappa shape index (κ2) is 12.2. The monoisotopic (exact) mass is 517 g/mol. The van der Waals surface area contributed by atoms with Crippen LogP contribution in [0.15, 0.2) is 77.7 Å². The minimum absolute atomic E-state index is 0.152. The van der Waals surface area contributed by atoms with E-state index < -0.39 is 17.4 Å². The molecule has 0 saturated heterocycles. The van der Waals surface area contributed by atoms with E-state index in [-0.39, 0.29) is 12.5 Å². The molecule has 0 amide bonds. The lowest BCUT2D eigenvalue weighted by Gasteiger charge is -2.15. The molecule has 0 aliphatic carbocycles. The lowest BCUT2D eigenvalue weighted by Crippen LogP contribution is -2.33. The maximum atomic E-state index is 13.2. The van der Waals surface area contributed by atoms with E-state index >= 15 is 0 Å². The fourth-order valence-corrected chi connectivity index (χ4v) is 3.00. The van der Waals surface area contributed by atoms with Crippen molar-refractivity contribution >= 4 is 23.2 Å². The highest BCUT2D eigenvalue weighted by atomic mass is 35.5. The maximum absolute atomic E-state index is 13.2. The van der Waals surface area contributed by atoms with Crippen LogP contribution in [-0.4, -0.2) is 19.7 Å². The summed E-state index contributed by atoms with van der Waals surface area (Å²) in [6, 6.07) is 18.1. The van der Waals surface area contributed by atoms with Gasteiger partial charge < -0.3 is 10.1 Å². The molecule has 0 unspecified atom stereocenters. The van der Waals surface area contributed by atoms with E-state index in [9.17, 15) is 18.0 Å². The molecule has 4 aromatic rings. The van der Waals surface area contributed by atoms with Gasteiger partial charge in [0.15, 0.2) is 0 Å². The predicted molar refractivity (Wildman–Crippen MR) is 132 cm³/mol. The summed E-state index contributed by atoms with van der Waals surface area (Å²) in [5.41, 5.74) is -1.89. The van der Waals surface area contributed by atoms with Crippen molar-refractivity contribution in [3.63, 3.8) is 0 Å². The molecule has 7 nitrogen and oxygen atoms in total. The van der Waals surface area contributed by atoms with Crippen molar-refractivity contribution in [3.8, 4) is 11.6 Å². The SMILES string of the molecule is CCC.O=c1c(C(F)(F)F)nnc(Nc2ccc(Oc3ccccn3)cc2)n1Cc1ccc(Cl)cc1. The van der Waals surface area contributed by atoms with E-state index in [0.717, 1.165) is 4.57 Å². The van der Waals surface area contributed by atoms with Crippen molar-refractivity contribution in [1.29, 1.82) is 0 Å². The molecule has 0 fully saturated rings. The molecule has 188 valence electrons. The van der Waals surface area contributed by atoms with Gasteiger partial charge in [0.2, 0.25) is 17.5 Å². The topological polar surface area (TPSA) is 81.9 Å². The number of aromatic nitrogens is 4. The zero-order chi connectivity index (χ0) is 26.1. The number of anilines is 2. The van der Waals surface area contributed by atoms with Crippen molar-refractivity contribution in [2.24, 2.45) is 0 Å². The first kappa shape index (κ1) is 26.7. The van der Waals surface area contributed by atoms with Gasteiger partial charge in [0.1, 0.15) is 5.75 Å². The summed E-state index contributed by atoms with van der Waals surface area (Å²) < 4.78 is 46.2. The molecule has 0 atom stereocenters. The molecule has 0 aliphatic heterocycles. The Morgan fingerprint density at radius 1 is 0.972 bits per heavy atom. The van der Waals surface area contributed by atoms with Gasteiger partial charge >= 0.3 is 6.18 Å². The first-order valence-electron chi connectivity index (χ1n) is 11.0. The molecule has 4 rings (SSSR count). The maximum Gasteiger partial charge on any atom is 0.440 e. The van der Waals surface area contributed by atoms with Crippen LogP contribution >= 0.6 is 11.6 Å². The first-order valence-corrected chi connectivity index (χ1v) is 11.3. The van der Waals surface area contributed by atoms with Crippen molar-refractivity contribution in [1.82, 2.24) is 19.7 Å². The van der Waals surface area contributed by atoms with Gasteiger partial charge in [-0.15, -0.1) is 10.2 Å². The number of pyridine rings is 1. The highest BCUT2D eigenvalue weighted by molar-refractivity contribution is 6.30. The van der Waals surface area contributed by atoms with Gasteiger partial charge in [-0.3, -0.25) is 9.36 Å². The summed E-state index contributed by atoms with van der Waals surface area (Å²) in [6.45, 7) is 4.08. The Hall–Kier alpha value is -3.92. The first-order chi connectivity index (χ1) is 17.2. The van der Waals surface area contributed by atoms with Gasteiger partial charge in [0, 0.05) is 23.0 Å². The zero-order valence-electron chi connectivity index (χ0n) is 19.5. The molecule has 11 heteroatoms. The third kappa shape index (κ3) is 7.29. The Bertz CT molecular complexity index is 1310.